The largest absolute Gasteiger partial charge is 0.398 e. The van der Waals surface area contributed by atoms with E-state index in [1.807, 2.05) is 0 Å². The predicted octanol–water partition coefficient (Wildman–Crippen LogP) is 3.87. The third kappa shape index (κ3) is 2.80. The first kappa shape index (κ1) is 14.5. The van der Waals surface area contributed by atoms with Gasteiger partial charge in [0.15, 0.2) is 5.82 Å². The standard InChI is InChI=1S/C14H11BrF2N2O/c1-7-2-5-10(16)13(12(7)17)19-14(20)8-3-4-9(15)11(18)6-8/h2-6H,18H2,1H3,(H,19,20). The van der Waals surface area contributed by atoms with Crippen molar-refractivity contribution in [2.24, 2.45) is 0 Å². The van der Waals surface area contributed by atoms with Gasteiger partial charge in [0.05, 0.1) is 0 Å². The van der Waals surface area contributed by atoms with Crippen molar-refractivity contribution in [3.05, 3.63) is 57.6 Å². The third-order valence-electron chi connectivity index (χ3n) is 2.78. The SMILES string of the molecule is Cc1ccc(F)c(NC(=O)c2ccc(Br)c(N)c2)c1F. The number of nitrogen functional groups attached to an aromatic ring is 1. The molecule has 0 spiro atoms. The highest BCUT2D eigenvalue weighted by atomic mass is 79.9. The van der Waals surface area contributed by atoms with Crippen LogP contribution in [0.3, 0.4) is 0 Å². The zero-order chi connectivity index (χ0) is 14.9. The van der Waals surface area contributed by atoms with E-state index in [1.54, 1.807) is 6.07 Å². The van der Waals surface area contributed by atoms with E-state index in [1.165, 1.54) is 25.1 Å². The number of amides is 1. The van der Waals surface area contributed by atoms with E-state index >= 15 is 0 Å². The van der Waals surface area contributed by atoms with Gasteiger partial charge in [-0.2, -0.15) is 0 Å². The van der Waals surface area contributed by atoms with Crippen LogP contribution in [0.4, 0.5) is 20.2 Å². The monoisotopic (exact) mass is 340 g/mol. The van der Waals surface area contributed by atoms with Crippen LogP contribution < -0.4 is 11.1 Å². The lowest BCUT2D eigenvalue weighted by Crippen LogP contribution is -2.15. The quantitative estimate of drug-likeness (QED) is 0.815. The number of nitrogens with two attached hydrogens (primary N) is 1. The smallest absolute Gasteiger partial charge is 0.255 e. The number of aryl methyl sites for hydroxylation is 1. The molecule has 0 heterocycles. The summed E-state index contributed by atoms with van der Waals surface area (Å²) in [5.74, 6) is -2.25. The molecule has 0 saturated heterocycles. The lowest BCUT2D eigenvalue weighted by Gasteiger charge is -2.10. The second kappa shape index (κ2) is 5.58. The Morgan fingerprint density at radius 2 is 1.95 bits per heavy atom. The van der Waals surface area contributed by atoms with Gasteiger partial charge >= 0.3 is 0 Å². The predicted molar refractivity (Wildman–Crippen MR) is 77.6 cm³/mol. The molecule has 0 bridgehead atoms. The molecule has 2 rings (SSSR count). The summed E-state index contributed by atoms with van der Waals surface area (Å²) in [6.07, 6.45) is 0. The number of rotatable bonds is 2. The van der Waals surface area contributed by atoms with E-state index in [9.17, 15) is 13.6 Å². The van der Waals surface area contributed by atoms with E-state index in [0.717, 1.165) is 6.07 Å². The fourth-order valence-electron chi connectivity index (χ4n) is 1.64. The molecule has 0 saturated carbocycles. The molecule has 0 aliphatic rings. The molecule has 104 valence electrons. The second-order valence-corrected chi connectivity index (χ2v) is 5.10. The van der Waals surface area contributed by atoms with Gasteiger partial charge in [0.2, 0.25) is 0 Å². The van der Waals surface area contributed by atoms with Crippen LogP contribution in [0.2, 0.25) is 0 Å². The maximum absolute atomic E-state index is 13.8. The van der Waals surface area contributed by atoms with Gasteiger partial charge in [0, 0.05) is 15.7 Å². The zero-order valence-corrected chi connectivity index (χ0v) is 12.1. The van der Waals surface area contributed by atoms with Crippen molar-refractivity contribution in [1.82, 2.24) is 0 Å². The van der Waals surface area contributed by atoms with Gasteiger partial charge in [-0.3, -0.25) is 4.79 Å². The topological polar surface area (TPSA) is 55.1 Å². The van der Waals surface area contributed by atoms with E-state index in [0.29, 0.717) is 10.2 Å². The van der Waals surface area contributed by atoms with Crippen molar-refractivity contribution >= 4 is 33.2 Å². The summed E-state index contributed by atoms with van der Waals surface area (Å²) >= 11 is 3.20. The van der Waals surface area contributed by atoms with Gasteiger partial charge in [-0.25, -0.2) is 8.78 Å². The fraction of sp³-hybridized carbons (Fsp3) is 0.0714. The molecular weight excluding hydrogens is 330 g/mol. The van der Waals surface area contributed by atoms with Crippen LogP contribution in [0.25, 0.3) is 0 Å². The first-order valence-corrected chi connectivity index (χ1v) is 6.50. The maximum atomic E-state index is 13.8. The van der Waals surface area contributed by atoms with E-state index in [-0.39, 0.29) is 11.1 Å². The molecule has 0 fully saturated rings. The Morgan fingerprint density at radius 3 is 2.60 bits per heavy atom. The van der Waals surface area contributed by atoms with Crippen molar-refractivity contribution < 1.29 is 13.6 Å². The van der Waals surface area contributed by atoms with Crippen LogP contribution in [0.5, 0.6) is 0 Å². The first-order valence-electron chi connectivity index (χ1n) is 5.71. The van der Waals surface area contributed by atoms with Crippen LogP contribution in [0.15, 0.2) is 34.8 Å². The van der Waals surface area contributed by atoms with Gasteiger partial charge in [0.1, 0.15) is 11.5 Å². The van der Waals surface area contributed by atoms with Gasteiger partial charge < -0.3 is 11.1 Å². The Hall–Kier alpha value is -1.95. The normalized spacial score (nSPS) is 10.4. The summed E-state index contributed by atoms with van der Waals surface area (Å²) < 4.78 is 28.0. The molecule has 0 aliphatic carbocycles. The molecule has 6 heteroatoms. The summed E-state index contributed by atoms with van der Waals surface area (Å²) in [5.41, 5.74) is 6.02. The molecule has 2 aromatic carbocycles. The molecule has 0 atom stereocenters. The van der Waals surface area contributed by atoms with Gasteiger partial charge in [0.25, 0.3) is 5.91 Å². The van der Waals surface area contributed by atoms with Crippen LogP contribution in [-0.2, 0) is 0 Å². The summed E-state index contributed by atoms with van der Waals surface area (Å²) in [4.78, 5) is 12.0. The summed E-state index contributed by atoms with van der Waals surface area (Å²) in [6, 6.07) is 6.92. The van der Waals surface area contributed by atoms with Crippen molar-refractivity contribution in [3.63, 3.8) is 0 Å². The molecule has 0 unspecified atom stereocenters. The number of hydrogen-bond acceptors (Lipinski definition) is 2. The number of carbonyl (C=O) groups excluding carboxylic acids is 1. The maximum Gasteiger partial charge on any atom is 0.255 e. The fourth-order valence-corrected chi connectivity index (χ4v) is 1.89. The number of hydrogen-bond donors (Lipinski definition) is 2. The average Bonchev–Trinajstić information content (AvgIpc) is 2.42. The first-order chi connectivity index (χ1) is 9.40. The molecule has 3 nitrogen and oxygen atoms in total. The minimum atomic E-state index is -0.827. The number of halogens is 3. The van der Waals surface area contributed by atoms with Crippen LogP contribution in [0.1, 0.15) is 15.9 Å². The number of nitrogens with one attached hydrogen (secondary N) is 1. The third-order valence-corrected chi connectivity index (χ3v) is 3.50. The highest BCUT2D eigenvalue weighted by molar-refractivity contribution is 9.10. The van der Waals surface area contributed by atoms with E-state index in [2.05, 4.69) is 21.2 Å². The lowest BCUT2D eigenvalue weighted by atomic mass is 10.1. The summed E-state index contributed by atoms with van der Waals surface area (Å²) in [7, 11) is 0. The van der Waals surface area contributed by atoms with Gasteiger partial charge in [-0.15, -0.1) is 0 Å². The Morgan fingerprint density at radius 1 is 1.25 bits per heavy atom. The molecule has 20 heavy (non-hydrogen) atoms. The van der Waals surface area contributed by atoms with Crippen molar-refractivity contribution in [2.75, 3.05) is 11.1 Å². The molecule has 0 aliphatic heterocycles. The minimum absolute atomic E-state index is 0.214. The van der Waals surface area contributed by atoms with Gasteiger partial charge in [-0.1, -0.05) is 6.07 Å². The highest BCUT2D eigenvalue weighted by Gasteiger charge is 2.15. The lowest BCUT2D eigenvalue weighted by molar-refractivity contribution is 0.102. The Labute approximate surface area is 122 Å². The molecule has 3 N–H and O–H groups in total. The summed E-state index contributed by atoms with van der Waals surface area (Å²) in [6.45, 7) is 1.49. The van der Waals surface area contributed by atoms with Crippen LogP contribution >= 0.6 is 15.9 Å². The Kier molecular flexibility index (Phi) is 4.04. The Bertz CT molecular complexity index is 689. The summed E-state index contributed by atoms with van der Waals surface area (Å²) in [5, 5.41) is 2.22. The van der Waals surface area contributed by atoms with Crippen LogP contribution in [-0.4, -0.2) is 5.91 Å². The highest BCUT2D eigenvalue weighted by Crippen LogP contribution is 2.24. The molecule has 1 amide bonds. The van der Waals surface area contributed by atoms with Crippen molar-refractivity contribution in [3.8, 4) is 0 Å². The number of carbonyl (C=O) groups is 1. The zero-order valence-electron chi connectivity index (χ0n) is 10.5. The molecule has 0 radical (unpaired) electrons. The van der Waals surface area contributed by atoms with E-state index < -0.39 is 23.2 Å². The van der Waals surface area contributed by atoms with E-state index in [4.69, 9.17) is 5.73 Å². The minimum Gasteiger partial charge on any atom is -0.398 e. The van der Waals surface area contributed by atoms with Crippen molar-refractivity contribution in [2.45, 2.75) is 6.92 Å². The van der Waals surface area contributed by atoms with Crippen molar-refractivity contribution in [1.29, 1.82) is 0 Å². The Balaban J connectivity index is 2.32. The molecule has 2 aromatic rings. The van der Waals surface area contributed by atoms with Crippen LogP contribution in [0, 0.1) is 18.6 Å². The second-order valence-electron chi connectivity index (χ2n) is 4.24. The molecular formula is C14H11BrF2N2O. The number of anilines is 2. The van der Waals surface area contributed by atoms with Gasteiger partial charge in [-0.05, 0) is 52.7 Å². The number of benzene rings is 2. The average molecular weight is 341 g/mol. The molecule has 0 aromatic heterocycles.